The molecule has 0 bridgehead atoms. The van der Waals surface area contributed by atoms with Crippen LogP contribution in [0, 0.1) is 0 Å². The molecule has 1 saturated carbocycles. The van der Waals surface area contributed by atoms with Crippen molar-refractivity contribution in [1.29, 1.82) is 0 Å². The maximum Gasteiger partial charge on any atom is 0.245 e. The van der Waals surface area contributed by atoms with Crippen LogP contribution in [0.1, 0.15) is 38.5 Å². The molecule has 3 aliphatic heterocycles. The van der Waals surface area contributed by atoms with Crippen LogP contribution in [0.15, 0.2) is 0 Å². The van der Waals surface area contributed by atoms with Crippen molar-refractivity contribution in [3.63, 3.8) is 0 Å². The second-order valence-corrected chi connectivity index (χ2v) is 6.70. The van der Waals surface area contributed by atoms with Crippen LogP contribution in [0.5, 0.6) is 0 Å². The number of nitrogens with zero attached hydrogens (tertiary/aromatic N) is 3. The number of carbonyl (C=O) groups is 2. The summed E-state index contributed by atoms with van der Waals surface area (Å²) < 4.78 is 0. The van der Waals surface area contributed by atoms with Gasteiger partial charge in [-0.15, -0.1) is 0 Å². The molecule has 0 spiro atoms. The summed E-state index contributed by atoms with van der Waals surface area (Å²) in [5.41, 5.74) is 0. The molecule has 4 fully saturated rings. The van der Waals surface area contributed by atoms with E-state index >= 15 is 0 Å². The Morgan fingerprint density at radius 2 is 1.70 bits per heavy atom. The van der Waals surface area contributed by atoms with E-state index in [4.69, 9.17) is 0 Å². The summed E-state index contributed by atoms with van der Waals surface area (Å²) in [5, 5.41) is 0. The smallest absolute Gasteiger partial charge is 0.245 e. The Labute approximate surface area is 119 Å². The summed E-state index contributed by atoms with van der Waals surface area (Å²) >= 11 is 0. The van der Waals surface area contributed by atoms with E-state index in [0.29, 0.717) is 19.0 Å². The van der Waals surface area contributed by atoms with Crippen LogP contribution in [0.25, 0.3) is 0 Å². The minimum absolute atomic E-state index is 0.153. The third-order valence-corrected chi connectivity index (χ3v) is 5.41. The van der Waals surface area contributed by atoms with Gasteiger partial charge in [-0.05, 0) is 32.1 Å². The highest BCUT2D eigenvalue weighted by molar-refractivity contribution is 5.90. The highest BCUT2D eigenvalue weighted by Crippen LogP contribution is 2.32. The lowest BCUT2D eigenvalue weighted by Gasteiger charge is -2.30. The summed E-state index contributed by atoms with van der Waals surface area (Å²) in [6.07, 6.45) is 6.10. The van der Waals surface area contributed by atoms with Gasteiger partial charge in [-0.25, -0.2) is 0 Å². The van der Waals surface area contributed by atoms with E-state index < -0.39 is 0 Å². The fourth-order valence-electron chi connectivity index (χ4n) is 4.14. The van der Waals surface area contributed by atoms with Gasteiger partial charge in [-0.3, -0.25) is 14.5 Å². The van der Waals surface area contributed by atoms with Crippen LogP contribution in [-0.2, 0) is 9.59 Å². The Kier molecular flexibility index (Phi) is 2.98. The average Bonchev–Trinajstić information content (AvgIpc) is 3.03. The van der Waals surface area contributed by atoms with Crippen LogP contribution < -0.4 is 0 Å². The zero-order valence-electron chi connectivity index (χ0n) is 12.0. The molecule has 110 valence electrons. The second-order valence-electron chi connectivity index (χ2n) is 6.70. The van der Waals surface area contributed by atoms with Gasteiger partial charge in [-0.1, -0.05) is 0 Å². The quantitative estimate of drug-likeness (QED) is 0.736. The van der Waals surface area contributed by atoms with E-state index in [1.54, 1.807) is 0 Å². The van der Waals surface area contributed by atoms with Gasteiger partial charge in [0.25, 0.3) is 0 Å². The summed E-state index contributed by atoms with van der Waals surface area (Å²) in [6.45, 7) is 3.56. The molecule has 1 aliphatic carbocycles. The van der Waals surface area contributed by atoms with Crippen molar-refractivity contribution in [2.45, 2.75) is 56.7 Å². The van der Waals surface area contributed by atoms with Crippen LogP contribution in [0.4, 0.5) is 0 Å². The van der Waals surface area contributed by atoms with Crippen molar-refractivity contribution in [3.05, 3.63) is 0 Å². The minimum atomic E-state index is -0.153. The van der Waals surface area contributed by atoms with Gasteiger partial charge in [0.1, 0.15) is 6.04 Å². The van der Waals surface area contributed by atoms with E-state index in [1.807, 2.05) is 9.80 Å². The molecule has 4 aliphatic rings. The summed E-state index contributed by atoms with van der Waals surface area (Å²) in [6, 6.07) is 0.975. The Morgan fingerprint density at radius 3 is 2.50 bits per heavy atom. The third-order valence-electron chi connectivity index (χ3n) is 5.41. The van der Waals surface area contributed by atoms with Crippen molar-refractivity contribution in [1.82, 2.24) is 14.7 Å². The molecule has 0 aromatic heterocycles. The molecular formula is C15H23N3O2. The Bertz CT molecular complexity index is 435. The lowest BCUT2D eigenvalue weighted by Crippen LogP contribution is -2.48. The number of hydrogen-bond donors (Lipinski definition) is 0. The fourth-order valence-corrected chi connectivity index (χ4v) is 4.14. The largest absolute Gasteiger partial charge is 0.336 e. The topological polar surface area (TPSA) is 43.9 Å². The van der Waals surface area contributed by atoms with Crippen molar-refractivity contribution in [2.24, 2.45) is 0 Å². The maximum atomic E-state index is 12.8. The lowest BCUT2D eigenvalue weighted by atomic mass is 10.1. The first-order valence-electron chi connectivity index (χ1n) is 8.08. The Balaban J connectivity index is 1.49. The molecule has 20 heavy (non-hydrogen) atoms. The van der Waals surface area contributed by atoms with Gasteiger partial charge in [0.15, 0.2) is 0 Å². The van der Waals surface area contributed by atoms with E-state index in [2.05, 4.69) is 4.90 Å². The van der Waals surface area contributed by atoms with E-state index in [-0.39, 0.29) is 17.9 Å². The first kappa shape index (κ1) is 12.6. The predicted molar refractivity (Wildman–Crippen MR) is 74.1 cm³/mol. The highest BCUT2D eigenvalue weighted by Gasteiger charge is 2.43. The molecule has 0 aromatic rings. The molecule has 3 saturated heterocycles. The average molecular weight is 277 g/mol. The molecule has 5 heteroatoms. The van der Waals surface area contributed by atoms with Gasteiger partial charge in [0, 0.05) is 44.7 Å². The van der Waals surface area contributed by atoms with Gasteiger partial charge < -0.3 is 9.80 Å². The predicted octanol–water partition coefficient (Wildman–Crippen LogP) is 0.446. The minimum Gasteiger partial charge on any atom is -0.336 e. The zero-order valence-corrected chi connectivity index (χ0v) is 12.0. The summed E-state index contributed by atoms with van der Waals surface area (Å²) in [5.74, 6) is 0.399. The number of rotatable bonds is 2. The van der Waals surface area contributed by atoms with Crippen LogP contribution >= 0.6 is 0 Å². The first-order chi connectivity index (χ1) is 9.74. The molecule has 0 aromatic carbocycles. The van der Waals surface area contributed by atoms with E-state index in [1.165, 1.54) is 12.8 Å². The number of likely N-dealkylation sites (tertiary alicyclic amines) is 1. The number of fused-ring (bicyclic) bond motifs is 1. The molecule has 0 N–H and O–H groups in total. The molecule has 3 heterocycles. The molecule has 5 nitrogen and oxygen atoms in total. The summed E-state index contributed by atoms with van der Waals surface area (Å²) in [7, 11) is 0. The van der Waals surface area contributed by atoms with Gasteiger partial charge in [0.05, 0.1) is 0 Å². The van der Waals surface area contributed by atoms with Crippen LogP contribution in [-0.4, -0.2) is 70.8 Å². The molecular weight excluding hydrogens is 254 g/mol. The third kappa shape index (κ3) is 2.03. The molecule has 2 atom stereocenters. The van der Waals surface area contributed by atoms with Gasteiger partial charge in [-0.2, -0.15) is 0 Å². The lowest BCUT2D eigenvalue weighted by molar-refractivity contribution is -0.140. The monoisotopic (exact) mass is 277 g/mol. The number of amides is 2. The van der Waals surface area contributed by atoms with E-state index in [9.17, 15) is 9.59 Å². The second kappa shape index (κ2) is 4.72. The Morgan fingerprint density at radius 1 is 0.850 bits per heavy atom. The van der Waals surface area contributed by atoms with Crippen molar-refractivity contribution in [2.75, 3.05) is 26.2 Å². The SMILES string of the molecule is O=C1C2CCCN2C(=O)CCN1C1CCN(C2CC2)C1. The number of carbonyl (C=O) groups excluding carboxylic acids is 2. The first-order valence-corrected chi connectivity index (χ1v) is 8.08. The standard InChI is InChI=1S/C15H23N3O2/c19-14-6-9-17(15(20)13-2-1-7-18(13)14)12-5-8-16(10-12)11-3-4-11/h11-13H,1-10H2. The molecule has 0 radical (unpaired) electrons. The van der Waals surface area contributed by atoms with Crippen LogP contribution in [0.3, 0.4) is 0 Å². The molecule has 4 rings (SSSR count). The Hall–Kier alpha value is -1.10. The molecule has 2 unspecified atom stereocenters. The van der Waals surface area contributed by atoms with E-state index in [0.717, 1.165) is 44.9 Å². The fraction of sp³-hybridized carbons (Fsp3) is 0.867. The normalized spacial score (nSPS) is 35.6. The van der Waals surface area contributed by atoms with Gasteiger partial charge >= 0.3 is 0 Å². The maximum absolute atomic E-state index is 12.8. The van der Waals surface area contributed by atoms with Crippen molar-refractivity contribution < 1.29 is 9.59 Å². The summed E-state index contributed by atoms with van der Waals surface area (Å²) in [4.78, 5) is 31.3. The highest BCUT2D eigenvalue weighted by atomic mass is 16.2. The molecule has 2 amide bonds. The van der Waals surface area contributed by atoms with Crippen LogP contribution in [0.2, 0.25) is 0 Å². The van der Waals surface area contributed by atoms with Crippen molar-refractivity contribution >= 4 is 11.8 Å². The number of hydrogen-bond acceptors (Lipinski definition) is 3. The zero-order chi connectivity index (χ0) is 13.7. The van der Waals surface area contributed by atoms with Crippen molar-refractivity contribution in [3.8, 4) is 0 Å². The van der Waals surface area contributed by atoms with Gasteiger partial charge in [0.2, 0.25) is 11.8 Å².